The molecule has 60 heavy (non-hydrogen) atoms. The largest absolute Gasteiger partial charge is 0.456 e. The van der Waals surface area contributed by atoms with Gasteiger partial charge < -0.3 is 9.32 Å². The molecule has 2 aliphatic rings. The van der Waals surface area contributed by atoms with Crippen molar-refractivity contribution >= 4 is 55.8 Å². The van der Waals surface area contributed by atoms with Gasteiger partial charge in [-0.2, -0.15) is 0 Å². The van der Waals surface area contributed by atoms with Crippen molar-refractivity contribution in [3.63, 3.8) is 0 Å². The summed E-state index contributed by atoms with van der Waals surface area (Å²) in [6.45, 7) is 2.31. The fourth-order valence-corrected chi connectivity index (χ4v) is 10.5. The summed E-state index contributed by atoms with van der Waals surface area (Å²) in [5.41, 5.74) is 17.6. The van der Waals surface area contributed by atoms with E-state index in [1.165, 1.54) is 66.5 Å². The van der Waals surface area contributed by atoms with Crippen molar-refractivity contribution in [3.05, 3.63) is 240 Å². The van der Waals surface area contributed by atoms with Gasteiger partial charge in [-0.25, -0.2) is 0 Å². The lowest BCUT2D eigenvalue weighted by atomic mass is 9.68. The van der Waals surface area contributed by atoms with Gasteiger partial charge in [-0.1, -0.05) is 177 Å². The van der Waals surface area contributed by atoms with E-state index in [1.807, 2.05) is 6.07 Å². The van der Waals surface area contributed by atoms with Crippen LogP contribution in [0.5, 0.6) is 0 Å². The third-order valence-corrected chi connectivity index (χ3v) is 13.1. The van der Waals surface area contributed by atoms with E-state index in [1.54, 1.807) is 0 Å². The Morgan fingerprint density at radius 2 is 1.07 bits per heavy atom. The summed E-state index contributed by atoms with van der Waals surface area (Å²) < 4.78 is 6.29. The zero-order valence-corrected chi connectivity index (χ0v) is 33.3. The Labute approximate surface area is 350 Å². The highest BCUT2D eigenvalue weighted by Crippen LogP contribution is 2.56. The van der Waals surface area contributed by atoms with Gasteiger partial charge in [0, 0.05) is 27.5 Å². The second-order valence-electron chi connectivity index (χ2n) is 16.5. The van der Waals surface area contributed by atoms with Crippen molar-refractivity contribution in [1.82, 2.24) is 0 Å². The second-order valence-corrected chi connectivity index (χ2v) is 16.5. The van der Waals surface area contributed by atoms with Crippen LogP contribution in [0, 0.1) is 5.92 Å². The zero-order chi connectivity index (χ0) is 39.8. The molecule has 284 valence electrons. The number of fused-ring (bicyclic) bond motifs is 9. The normalized spacial score (nSPS) is 14.9. The minimum atomic E-state index is -0.460. The lowest BCUT2D eigenvalue weighted by molar-refractivity contribution is 0.669. The number of anilines is 3. The Balaban J connectivity index is 1.06. The maximum atomic E-state index is 6.29. The topological polar surface area (TPSA) is 16.4 Å². The molecule has 0 fully saturated rings. The van der Waals surface area contributed by atoms with Crippen LogP contribution in [0.1, 0.15) is 40.3 Å². The van der Waals surface area contributed by atoms with E-state index in [0.717, 1.165) is 45.3 Å². The van der Waals surface area contributed by atoms with Crippen LogP contribution in [0.4, 0.5) is 17.1 Å². The van der Waals surface area contributed by atoms with Crippen LogP contribution in [0.2, 0.25) is 0 Å². The average molecular weight is 768 g/mol. The Kier molecular flexibility index (Phi) is 7.83. The summed E-state index contributed by atoms with van der Waals surface area (Å²) in [5.74, 6) is 0.478. The highest BCUT2D eigenvalue weighted by Gasteiger charge is 2.45. The third kappa shape index (κ3) is 5.14. The van der Waals surface area contributed by atoms with Crippen molar-refractivity contribution in [2.45, 2.75) is 18.8 Å². The molecule has 0 saturated heterocycles. The molecule has 0 spiro atoms. The monoisotopic (exact) mass is 767 g/mol. The maximum Gasteiger partial charge on any atom is 0.136 e. The molecular weight excluding hydrogens is 727 g/mol. The first-order chi connectivity index (χ1) is 29.7. The molecule has 1 atom stereocenters. The zero-order valence-electron chi connectivity index (χ0n) is 33.3. The van der Waals surface area contributed by atoms with E-state index in [2.05, 4.69) is 218 Å². The minimum Gasteiger partial charge on any atom is -0.456 e. The first kappa shape index (κ1) is 34.6. The molecule has 2 aliphatic carbocycles. The standard InChI is InChI=1S/C58H41NO/c1-38-26-35-45-40(36-38)37-54(50-19-6-5-16-47(45)50)59(43-31-27-39(28-32-43)46-21-13-25-56-57(46)51-20-9-12-24-55(51)60-56)44-33-29-42(30-34-44)58(41-14-3-2-4-15-41)52-22-10-7-17-48(52)49-18-8-11-23-53(49)58/h2-35,37-38H,36H2,1H3. The Hall–Kier alpha value is -7.42. The molecule has 0 radical (unpaired) electrons. The number of rotatable bonds is 6. The number of allylic oxidation sites excluding steroid dienone is 1. The van der Waals surface area contributed by atoms with E-state index in [0.29, 0.717) is 5.92 Å². The van der Waals surface area contributed by atoms with E-state index < -0.39 is 5.41 Å². The molecule has 1 aromatic heterocycles. The summed E-state index contributed by atoms with van der Waals surface area (Å²) >= 11 is 0. The van der Waals surface area contributed by atoms with Crippen LogP contribution >= 0.6 is 0 Å². The molecule has 0 amide bonds. The molecular formula is C58H41NO. The molecule has 0 N–H and O–H groups in total. The molecule has 12 rings (SSSR count). The SMILES string of the molecule is CC1C=Cc2c(cc(N(c3ccc(-c4cccc5oc6ccccc6c45)cc3)c3ccc(C4(c5ccccc5)c5ccccc5-c5ccccc54)cc3)c3ccccc23)C1. The van der Waals surface area contributed by atoms with E-state index >= 15 is 0 Å². The van der Waals surface area contributed by atoms with Crippen LogP contribution in [-0.4, -0.2) is 0 Å². The maximum absolute atomic E-state index is 6.29. The van der Waals surface area contributed by atoms with Crippen LogP contribution in [-0.2, 0) is 11.8 Å². The van der Waals surface area contributed by atoms with Crippen molar-refractivity contribution in [1.29, 1.82) is 0 Å². The van der Waals surface area contributed by atoms with Gasteiger partial charge in [-0.05, 0) is 116 Å². The second kappa shape index (κ2) is 13.6. The van der Waals surface area contributed by atoms with Gasteiger partial charge in [0.1, 0.15) is 11.2 Å². The Morgan fingerprint density at radius 1 is 0.500 bits per heavy atom. The molecule has 0 aliphatic heterocycles. The van der Waals surface area contributed by atoms with Gasteiger partial charge in [0.05, 0.1) is 11.1 Å². The predicted molar refractivity (Wildman–Crippen MR) is 251 cm³/mol. The highest BCUT2D eigenvalue weighted by atomic mass is 16.3. The summed E-state index contributed by atoms with van der Waals surface area (Å²) in [7, 11) is 0. The first-order valence-electron chi connectivity index (χ1n) is 21.1. The summed E-state index contributed by atoms with van der Waals surface area (Å²) in [4.78, 5) is 2.47. The van der Waals surface area contributed by atoms with E-state index in [-0.39, 0.29) is 0 Å². The van der Waals surface area contributed by atoms with Crippen molar-refractivity contribution in [3.8, 4) is 22.3 Å². The molecule has 2 heteroatoms. The van der Waals surface area contributed by atoms with Crippen molar-refractivity contribution in [2.75, 3.05) is 4.90 Å². The number of hydrogen-bond donors (Lipinski definition) is 0. The Morgan fingerprint density at radius 3 is 1.80 bits per heavy atom. The number of nitrogens with zero attached hydrogens (tertiary/aromatic N) is 1. The number of furan rings is 1. The van der Waals surface area contributed by atoms with Gasteiger partial charge >= 0.3 is 0 Å². The summed E-state index contributed by atoms with van der Waals surface area (Å²) in [6, 6.07) is 73.6. The van der Waals surface area contributed by atoms with E-state index in [4.69, 9.17) is 4.42 Å². The predicted octanol–water partition coefficient (Wildman–Crippen LogP) is 15.4. The smallest absolute Gasteiger partial charge is 0.136 e. The lowest BCUT2D eigenvalue weighted by Gasteiger charge is -2.34. The molecule has 0 saturated carbocycles. The fourth-order valence-electron chi connectivity index (χ4n) is 10.5. The lowest BCUT2D eigenvalue weighted by Crippen LogP contribution is -2.28. The summed E-state index contributed by atoms with van der Waals surface area (Å²) in [6.07, 6.45) is 5.70. The van der Waals surface area contributed by atoms with Crippen molar-refractivity contribution < 1.29 is 4.42 Å². The quantitative estimate of drug-likeness (QED) is 0.168. The van der Waals surface area contributed by atoms with Crippen LogP contribution in [0.15, 0.2) is 211 Å². The van der Waals surface area contributed by atoms with Crippen LogP contribution in [0.25, 0.3) is 61.0 Å². The minimum absolute atomic E-state index is 0.460. The Bertz CT molecular complexity index is 3250. The number of hydrogen-bond acceptors (Lipinski definition) is 2. The molecule has 0 bridgehead atoms. The molecule has 2 nitrogen and oxygen atoms in total. The van der Waals surface area contributed by atoms with Gasteiger partial charge in [0.2, 0.25) is 0 Å². The van der Waals surface area contributed by atoms with Gasteiger partial charge in [-0.3, -0.25) is 0 Å². The van der Waals surface area contributed by atoms with Gasteiger partial charge in [0.25, 0.3) is 0 Å². The number of benzene rings is 9. The molecule has 9 aromatic carbocycles. The van der Waals surface area contributed by atoms with E-state index in [9.17, 15) is 0 Å². The first-order valence-corrected chi connectivity index (χ1v) is 21.1. The van der Waals surface area contributed by atoms with Gasteiger partial charge in [-0.15, -0.1) is 0 Å². The third-order valence-electron chi connectivity index (χ3n) is 13.1. The molecule has 10 aromatic rings. The summed E-state index contributed by atoms with van der Waals surface area (Å²) in [5, 5.41) is 4.81. The fraction of sp³-hybridized carbons (Fsp3) is 0.0690. The average Bonchev–Trinajstić information content (AvgIpc) is 3.84. The number of para-hydroxylation sites is 1. The molecule has 1 unspecified atom stereocenters. The van der Waals surface area contributed by atoms with Crippen molar-refractivity contribution in [2.24, 2.45) is 5.92 Å². The van der Waals surface area contributed by atoms with Crippen LogP contribution < -0.4 is 4.90 Å². The van der Waals surface area contributed by atoms with Gasteiger partial charge in [0.15, 0.2) is 0 Å². The molecule has 1 heterocycles. The van der Waals surface area contributed by atoms with Crippen LogP contribution in [0.3, 0.4) is 0 Å². The highest BCUT2D eigenvalue weighted by molar-refractivity contribution is 6.12.